The van der Waals surface area contributed by atoms with E-state index < -0.39 is 5.97 Å². The number of hydrogen-bond acceptors (Lipinski definition) is 4. The first kappa shape index (κ1) is 12.8. The first-order valence-electron chi connectivity index (χ1n) is 5.65. The lowest BCUT2D eigenvalue weighted by Gasteiger charge is -2.07. The van der Waals surface area contributed by atoms with Gasteiger partial charge in [0.25, 0.3) is 5.56 Å². The molecule has 0 spiro atoms. The summed E-state index contributed by atoms with van der Waals surface area (Å²) < 4.78 is 0. The number of rotatable bonds is 3. The van der Waals surface area contributed by atoms with Crippen LogP contribution >= 0.6 is 0 Å². The maximum Gasteiger partial charge on any atom is 0.335 e. The summed E-state index contributed by atoms with van der Waals surface area (Å²) in [4.78, 5) is 29.2. The molecule has 0 aliphatic rings. The lowest BCUT2D eigenvalue weighted by Crippen LogP contribution is -2.15. The monoisotopic (exact) mass is 259 g/mol. The van der Waals surface area contributed by atoms with Crippen LogP contribution in [-0.4, -0.2) is 21.0 Å². The minimum Gasteiger partial charge on any atom is -0.478 e. The van der Waals surface area contributed by atoms with Gasteiger partial charge >= 0.3 is 5.97 Å². The number of aromatic nitrogens is 2. The van der Waals surface area contributed by atoms with Gasteiger partial charge in [-0.1, -0.05) is 6.07 Å². The van der Waals surface area contributed by atoms with Gasteiger partial charge in [0.05, 0.1) is 5.56 Å². The summed E-state index contributed by atoms with van der Waals surface area (Å²) in [6, 6.07) is 6.27. The number of aromatic carboxylic acids is 1. The molecule has 19 heavy (non-hydrogen) atoms. The lowest BCUT2D eigenvalue weighted by atomic mass is 10.2. The van der Waals surface area contributed by atoms with Gasteiger partial charge in [-0.15, -0.1) is 0 Å². The number of aryl methyl sites for hydroxylation is 1. The predicted molar refractivity (Wildman–Crippen MR) is 71.0 cm³/mol. The zero-order valence-electron chi connectivity index (χ0n) is 10.5. The molecule has 2 aromatic rings. The highest BCUT2D eigenvalue weighted by Crippen LogP contribution is 2.14. The van der Waals surface area contributed by atoms with Gasteiger partial charge in [0.1, 0.15) is 0 Å². The number of carboxylic acid groups (broad SMARTS) is 1. The van der Waals surface area contributed by atoms with E-state index in [1.807, 2.05) is 0 Å². The molecular weight excluding hydrogens is 246 g/mol. The molecule has 0 saturated heterocycles. The lowest BCUT2D eigenvalue weighted by molar-refractivity contribution is 0.0697. The van der Waals surface area contributed by atoms with E-state index in [4.69, 9.17) is 5.11 Å². The molecule has 0 unspecified atom stereocenters. The second kappa shape index (κ2) is 4.93. The number of anilines is 2. The van der Waals surface area contributed by atoms with Crippen molar-refractivity contribution in [2.45, 2.75) is 13.8 Å². The average Bonchev–Trinajstić information content (AvgIpc) is 2.36. The van der Waals surface area contributed by atoms with E-state index in [9.17, 15) is 9.59 Å². The number of carbonyl (C=O) groups is 1. The van der Waals surface area contributed by atoms with E-state index in [1.54, 1.807) is 26.0 Å². The molecule has 0 atom stereocenters. The Morgan fingerprint density at radius 1 is 1.37 bits per heavy atom. The van der Waals surface area contributed by atoms with Crippen LogP contribution in [0.25, 0.3) is 0 Å². The van der Waals surface area contributed by atoms with Crippen LogP contribution in [0, 0.1) is 13.8 Å². The third kappa shape index (κ3) is 2.79. The Morgan fingerprint density at radius 2 is 2.11 bits per heavy atom. The second-order valence-electron chi connectivity index (χ2n) is 4.14. The Bertz CT molecular complexity index is 692. The molecule has 0 aliphatic heterocycles. The van der Waals surface area contributed by atoms with Crippen LogP contribution in [0.5, 0.6) is 0 Å². The third-order valence-electron chi connectivity index (χ3n) is 2.77. The van der Waals surface area contributed by atoms with Crippen LogP contribution in [0.3, 0.4) is 0 Å². The minimum atomic E-state index is -1.01. The van der Waals surface area contributed by atoms with Crippen LogP contribution < -0.4 is 10.9 Å². The van der Waals surface area contributed by atoms with Crippen molar-refractivity contribution in [3.05, 3.63) is 51.4 Å². The van der Waals surface area contributed by atoms with Gasteiger partial charge in [-0.2, -0.15) is 0 Å². The summed E-state index contributed by atoms with van der Waals surface area (Å²) in [5, 5.41) is 11.8. The fourth-order valence-corrected chi connectivity index (χ4v) is 1.57. The van der Waals surface area contributed by atoms with Crippen LogP contribution in [0.4, 0.5) is 11.6 Å². The second-order valence-corrected chi connectivity index (χ2v) is 4.14. The van der Waals surface area contributed by atoms with E-state index in [2.05, 4.69) is 15.3 Å². The third-order valence-corrected chi connectivity index (χ3v) is 2.77. The summed E-state index contributed by atoms with van der Waals surface area (Å²) in [6.45, 7) is 3.43. The molecule has 3 N–H and O–H groups in total. The summed E-state index contributed by atoms with van der Waals surface area (Å²) >= 11 is 0. The maximum atomic E-state index is 11.6. The van der Waals surface area contributed by atoms with Crippen LogP contribution in [0.15, 0.2) is 29.1 Å². The normalized spacial score (nSPS) is 10.2. The summed E-state index contributed by atoms with van der Waals surface area (Å²) in [5.74, 6) is -0.721. The molecule has 0 fully saturated rings. The van der Waals surface area contributed by atoms with Crippen molar-refractivity contribution in [1.82, 2.24) is 9.97 Å². The highest BCUT2D eigenvalue weighted by molar-refractivity contribution is 5.88. The fourth-order valence-electron chi connectivity index (χ4n) is 1.57. The van der Waals surface area contributed by atoms with Gasteiger partial charge < -0.3 is 10.4 Å². The average molecular weight is 259 g/mol. The van der Waals surface area contributed by atoms with E-state index in [0.717, 1.165) is 0 Å². The number of H-pyrrole nitrogens is 1. The molecule has 2 rings (SSSR count). The molecule has 0 saturated carbocycles. The highest BCUT2D eigenvalue weighted by atomic mass is 16.4. The van der Waals surface area contributed by atoms with Crippen LogP contribution in [0.2, 0.25) is 0 Å². The Hall–Kier alpha value is -2.63. The Balaban J connectivity index is 2.34. The van der Waals surface area contributed by atoms with Crippen molar-refractivity contribution in [3.63, 3.8) is 0 Å². The van der Waals surface area contributed by atoms with Crippen LogP contribution in [-0.2, 0) is 0 Å². The van der Waals surface area contributed by atoms with Gasteiger partial charge in [0.15, 0.2) is 0 Å². The summed E-state index contributed by atoms with van der Waals surface area (Å²) in [5.41, 5.74) is 1.68. The first-order valence-corrected chi connectivity index (χ1v) is 5.65. The number of hydrogen-bond donors (Lipinski definition) is 3. The molecule has 6 heteroatoms. The molecule has 0 radical (unpaired) electrons. The standard InChI is InChI=1S/C13H13N3O3/c1-7-8(2)14-13(16-11(7)17)15-10-5-3-4-9(6-10)12(18)19/h3-6H,1-2H3,(H,18,19)(H2,14,15,16,17). The Morgan fingerprint density at radius 3 is 2.74 bits per heavy atom. The zero-order valence-corrected chi connectivity index (χ0v) is 10.5. The van der Waals surface area contributed by atoms with Crippen LogP contribution in [0.1, 0.15) is 21.6 Å². The van der Waals surface area contributed by atoms with Gasteiger partial charge in [-0.3, -0.25) is 9.78 Å². The molecule has 98 valence electrons. The number of nitrogens with zero attached hydrogens (tertiary/aromatic N) is 1. The van der Waals surface area contributed by atoms with E-state index in [-0.39, 0.29) is 17.1 Å². The highest BCUT2D eigenvalue weighted by Gasteiger charge is 2.06. The fraction of sp³-hybridized carbons (Fsp3) is 0.154. The molecular formula is C13H13N3O3. The topological polar surface area (TPSA) is 95.1 Å². The first-order chi connectivity index (χ1) is 8.97. The molecule has 0 aliphatic carbocycles. The van der Waals surface area contributed by atoms with Crippen molar-refractivity contribution >= 4 is 17.6 Å². The maximum absolute atomic E-state index is 11.6. The van der Waals surface area contributed by atoms with Crippen molar-refractivity contribution in [3.8, 4) is 0 Å². The van der Waals surface area contributed by atoms with Gasteiger partial charge in [-0.25, -0.2) is 9.78 Å². The molecule has 1 heterocycles. The van der Waals surface area contributed by atoms with Crippen molar-refractivity contribution in [1.29, 1.82) is 0 Å². The number of benzene rings is 1. The van der Waals surface area contributed by atoms with Crippen molar-refractivity contribution in [2.75, 3.05) is 5.32 Å². The zero-order chi connectivity index (χ0) is 14.0. The van der Waals surface area contributed by atoms with E-state index >= 15 is 0 Å². The minimum absolute atomic E-state index is 0.163. The van der Waals surface area contributed by atoms with Crippen molar-refractivity contribution < 1.29 is 9.90 Å². The van der Waals surface area contributed by atoms with Gasteiger partial charge in [-0.05, 0) is 32.0 Å². The molecule has 1 aromatic carbocycles. The predicted octanol–water partition coefficient (Wildman–Crippen LogP) is 1.83. The van der Waals surface area contributed by atoms with E-state index in [1.165, 1.54) is 12.1 Å². The SMILES string of the molecule is Cc1nc(Nc2cccc(C(=O)O)c2)[nH]c(=O)c1C. The number of carboxylic acids is 1. The van der Waals surface area contributed by atoms with Gasteiger partial charge in [0, 0.05) is 16.9 Å². The Kier molecular flexibility index (Phi) is 3.33. The molecule has 1 aromatic heterocycles. The summed E-state index contributed by atoms with van der Waals surface area (Å²) in [7, 11) is 0. The molecule has 6 nitrogen and oxygen atoms in total. The largest absolute Gasteiger partial charge is 0.478 e. The molecule has 0 amide bonds. The number of nitrogens with one attached hydrogen (secondary N) is 2. The van der Waals surface area contributed by atoms with Crippen molar-refractivity contribution in [2.24, 2.45) is 0 Å². The quantitative estimate of drug-likeness (QED) is 0.781. The van der Waals surface area contributed by atoms with Gasteiger partial charge in [0.2, 0.25) is 5.95 Å². The Labute approximate surface area is 109 Å². The molecule has 0 bridgehead atoms. The smallest absolute Gasteiger partial charge is 0.335 e. The van der Waals surface area contributed by atoms with E-state index in [0.29, 0.717) is 16.9 Å². The number of aromatic amines is 1. The summed E-state index contributed by atoms with van der Waals surface area (Å²) in [6.07, 6.45) is 0.